The van der Waals surface area contributed by atoms with Crippen molar-refractivity contribution in [3.8, 4) is 0 Å². The van der Waals surface area contributed by atoms with Gasteiger partial charge in [-0.15, -0.1) is 0 Å². The lowest BCUT2D eigenvalue weighted by molar-refractivity contribution is 0.0450. The zero-order chi connectivity index (χ0) is 14.0. The van der Waals surface area contributed by atoms with Crippen molar-refractivity contribution in [3.05, 3.63) is 35.5 Å². The molecule has 1 aromatic carbocycles. The number of nitrogens with zero attached hydrogens (tertiary/aromatic N) is 1. The molecule has 0 unspecified atom stereocenters. The van der Waals surface area contributed by atoms with E-state index in [4.69, 9.17) is 0 Å². The van der Waals surface area contributed by atoms with Crippen LogP contribution in [0.5, 0.6) is 0 Å². The first-order chi connectivity index (χ1) is 8.87. The molecule has 0 bridgehead atoms. The van der Waals surface area contributed by atoms with Gasteiger partial charge in [-0.2, -0.15) is 0 Å². The Balaban J connectivity index is 2.08. The van der Waals surface area contributed by atoms with Crippen molar-refractivity contribution in [2.24, 2.45) is 0 Å². The molecule has 0 aliphatic rings. The maximum absolute atomic E-state index is 9.82. The van der Waals surface area contributed by atoms with Gasteiger partial charge in [-0.05, 0) is 45.9 Å². The Morgan fingerprint density at radius 1 is 1.26 bits per heavy atom. The highest BCUT2D eigenvalue weighted by molar-refractivity contribution is 5.84. The van der Waals surface area contributed by atoms with Crippen LogP contribution in [0.25, 0.3) is 10.9 Å². The lowest BCUT2D eigenvalue weighted by Crippen LogP contribution is -2.37. The van der Waals surface area contributed by atoms with Crippen molar-refractivity contribution < 1.29 is 5.11 Å². The second-order valence-electron chi connectivity index (χ2n) is 6.07. The first-order valence-electron chi connectivity index (χ1n) is 6.84. The highest BCUT2D eigenvalue weighted by Crippen LogP contribution is 2.22. The van der Waals surface area contributed by atoms with Gasteiger partial charge in [0, 0.05) is 29.7 Å². The monoisotopic (exact) mass is 260 g/mol. The van der Waals surface area contributed by atoms with E-state index in [1.807, 2.05) is 13.8 Å². The molecule has 3 heteroatoms. The number of para-hydroxylation sites is 1. The number of likely N-dealkylation sites (N-methyl/N-ethyl adjacent to an activating group) is 1. The first kappa shape index (κ1) is 14.1. The van der Waals surface area contributed by atoms with Crippen molar-refractivity contribution in [3.63, 3.8) is 0 Å². The molecular weight excluding hydrogens is 236 g/mol. The molecule has 0 atom stereocenters. The topological polar surface area (TPSA) is 39.3 Å². The average molecular weight is 260 g/mol. The molecule has 2 aromatic rings. The number of rotatable bonds is 5. The number of nitrogens with one attached hydrogen (secondary N) is 1. The summed E-state index contributed by atoms with van der Waals surface area (Å²) >= 11 is 0. The lowest BCUT2D eigenvalue weighted by Gasteiger charge is -2.25. The number of aryl methyl sites for hydroxylation is 1. The van der Waals surface area contributed by atoms with E-state index < -0.39 is 5.60 Å². The van der Waals surface area contributed by atoms with E-state index in [-0.39, 0.29) is 0 Å². The fourth-order valence-electron chi connectivity index (χ4n) is 2.70. The maximum atomic E-state index is 9.82. The van der Waals surface area contributed by atoms with Gasteiger partial charge in [0.15, 0.2) is 0 Å². The largest absolute Gasteiger partial charge is 0.389 e. The second-order valence-corrected chi connectivity index (χ2v) is 6.07. The number of hydrogen-bond donors (Lipinski definition) is 2. The van der Waals surface area contributed by atoms with Gasteiger partial charge in [0.25, 0.3) is 0 Å². The van der Waals surface area contributed by atoms with E-state index in [1.54, 1.807) is 0 Å². The molecule has 19 heavy (non-hydrogen) atoms. The van der Waals surface area contributed by atoms with Crippen LogP contribution in [0.1, 0.15) is 25.1 Å². The van der Waals surface area contributed by atoms with Crippen LogP contribution in [-0.2, 0) is 6.42 Å². The first-order valence-corrected chi connectivity index (χ1v) is 6.84. The molecule has 3 nitrogen and oxygen atoms in total. The van der Waals surface area contributed by atoms with E-state index in [0.29, 0.717) is 6.54 Å². The quantitative estimate of drug-likeness (QED) is 0.867. The summed E-state index contributed by atoms with van der Waals surface area (Å²) in [5.74, 6) is 0. The Hall–Kier alpha value is -1.32. The summed E-state index contributed by atoms with van der Waals surface area (Å²) in [6, 6.07) is 8.43. The van der Waals surface area contributed by atoms with Crippen LogP contribution in [0.3, 0.4) is 0 Å². The molecule has 2 rings (SSSR count). The third-order valence-electron chi connectivity index (χ3n) is 3.43. The van der Waals surface area contributed by atoms with E-state index in [2.05, 4.69) is 48.1 Å². The molecule has 0 radical (unpaired) electrons. The van der Waals surface area contributed by atoms with Gasteiger partial charge in [0.2, 0.25) is 0 Å². The van der Waals surface area contributed by atoms with Crippen LogP contribution < -0.4 is 0 Å². The van der Waals surface area contributed by atoms with Gasteiger partial charge >= 0.3 is 0 Å². The SMILES string of the molecule is Cc1[nH]c2ccccc2c1CCN(C)CC(C)(C)O. The fraction of sp³-hybridized carbons (Fsp3) is 0.500. The van der Waals surface area contributed by atoms with Crippen molar-refractivity contribution in [1.82, 2.24) is 9.88 Å². The lowest BCUT2D eigenvalue weighted by atomic mass is 10.1. The van der Waals surface area contributed by atoms with Crippen LogP contribution in [0.15, 0.2) is 24.3 Å². The summed E-state index contributed by atoms with van der Waals surface area (Å²) < 4.78 is 0. The molecule has 0 amide bonds. The van der Waals surface area contributed by atoms with Gasteiger partial charge in [-0.25, -0.2) is 0 Å². The Labute approximate surface area is 115 Å². The minimum absolute atomic E-state index is 0.635. The van der Waals surface area contributed by atoms with E-state index in [0.717, 1.165) is 13.0 Å². The van der Waals surface area contributed by atoms with Crippen molar-refractivity contribution in [1.29, 1.82) is 0 Å². The maximum Gasteiger partial charge on any atom is 0.0718 e. The second kappa shape index (κ2) is 5.35. The molecule has 0 fully saturated rings. The Bertz CT molecular complexity index is 551. The molecule has 0 saturated carbocycles. The van der Waals surface area contributed by atoms with E-state index in [9.17, 15) is 5.11 Å². The minimum Gasteiger partial charge on any atom is -0.389 e. The molecule has 0 aliphatic heterocycles. The summed E-state index contributed by atoms with van der Waals surface area (Å²) in [6.07, 6.45) is 1.00. The Morgan fingerprint density at radius 3 is 2.63 bits per heavy atom. The number of aromatic nitrogens is 1. The summed E-state index contributed by atoms with van der Waals surface area (Å²) in [6.45, 7) is 7.47. The molecule has 2 N–H and O–H groups in total. The Morgan fingerprint density at radius 2 is 1.95 bits per heavy atom. The van der Waals surface area contributed by atoms with Crippen LogP contribution in [0, 0.1) is 6.92 Å². The fourth-order valence-corrected chi connectivity index (χ4v) is 2.70. The smallest absolute Gasteiger partial charge is 0.0718 e. The third-order valence-corrected chi connectivity index (χ3v) is 3.43. The zero-order valence-corrected chi connectivity index (χ0v) is 12.3. The van der Waals surface area contributed by atoms with Crippen LogP contribution in [0.2, 0.25) is 0 Å². The van der Waals surface area contributed by atoms with E-state index >= 15 is 0 Å². The number of benzene rings is 1. The standard InChI is InChI=1S/C16H24N2O/c1-12-13(9-10-18(4)11-16(2,3)19)14-7-5-6-8-15(14)17-12/h5-8,17,19H,9-11H2,1-4H3. The van der Waals surface area contributed by atoms with Crippen molar-refractivity contribution >= 4 is 10.9 Å². The van der Waals surface area contributed by atoms with Crippen molar-refractivity contribution in [2.45, 2.75) is 32.8 Å². The van der Waals surface area contributed by atoms with Gasteiger partial charge in [0.1, 0.15) is 0 Å². The summed E-state index contributed by atoms with van der Waals surface area (Å²) in [7, 11) is 2.06. The molecular formula is C16H24N2O. The zero-order valence-electron chi connectivity index (χ0n) is 12.3. The van der Waals surface area contributed by atoms with Gasteiger partial charge in [-0.3, -0.25) is 0 Å². The predicted molar refractivity (Wildman–Crippen MR) is 80.5 cm³/mol. The van der Waals surface area contributed by atoms with E-state index in [1.165, 1.54) is 22.2 Å². The van der Waals surface area contributed by atoms with Crippen molar-refractivity contribution in [2.75, 3.05) is 20.1 Å². The minimum atomic E-state index is -0.635. The van der Waals surface area contributed by atoms with Gasteiger partial charge < -0.3 is 15.0 Å². The number of aromatic amines is 1. The number of hydrogen-bond acceptors (Lipinski definition) is 2. The normalized spacial score (nSPS) is 12.5. The molecule has 104 valence electrons. The number of aliphatic hydroxyl groups is 1. The summed E-state index contributed by atoms with van der Waals surface area (Å²) in [4.78, 5) is 5.61. The number of H-pyrrole nitrogens is 1. The molecule has 1 heterocycles. The highest BCUT2D eigenvalue weighted by atomic mass is 16.3. The molecule has 0 saturated heterocycles. The molecule has 0 aliphatic carbocycles. The number of fused-ring (bicyclic) bond motifs is 1. The molecule has 0 spiro atoms. The van der Waals surface area contributed by atoms with Crippen LogP contribution in [0.4, 0.5) is 0 Å². The Kier molecular flexibility index (Phi) is 3.97. The van der Waals surface area contributed by atoms with Gasteiger partial charge in [0.05, 0.1) is 5.60 Å². The molecule has 1 aromatic heterocycles. The average Bonchev–Trinajstić information content (AvgIpc) is 2.60. The summed E-state index contributed by atoms with van der Waals surface area (Å²) in [5, 5.41) is 11.1. The summed E-state index contributed by atoms with van der Waals surface area (Å²) in [5.41, 5.74) is 3.21. The predicted octanol–water partition coefficient (Wildman–Crippen LogP) is 2.72. The van der Waals surface area contributed by atoms with Crippen LogP contribution in [-0.4, -0.2) is 40.7 Å². The van der Waals surface area contributed by atoms with Crippen LogP contribution >= 0.6 is 0 Å². The third kappa shape index (κ3) is 3.58. The highest BCUT2D eigenvalue weighted by Gasteiger charge is 2.16. The van der Waals surface area contributed by atoms with Gasteiger partial charge in [-0.1, -0.05) is 18.2 Å².